The fourth-order valence-corrected chi connectivity index (χ4v) is 4.34. The van der Waals surface area contributed by atoms with Crippen molar-refractivity contribution in [1.82, 2.24) is 19.9 Å². The second-order valence-corrected chi connectivity index (χ2v) is 9.25. The number of amides is 1. The molecule has 11 heteroatoms. The SMILES string of the molecule is C=CC(=O)Nc1cc2c(Nc3cc(-c4ncc(C)cc4F)ccc3F)ncnc2cc1OCCN1CCOCC1. The van der Waals surface area contributed by atoms with Crippen LogP contribution in [0.3, 0.4) is 0 Å². The highest BCUT2D eigenvalue weighted by Gasteiger charge is 2.16. The lowest BCUT2D eigenvalue weighted by atomic mass is 10.1. The number of carbonyl (C=O) groups is 1. The maximum Gasteiger partial charge on any atom is 0.247 e. The molecule has 1 fully saturated rings. The molecule has 0 saturated carbocycles. The molecule has 0 unspecified atom stereocenters. The number of carbonyl (C=O) groups excluding carboxylic acids is 1. The van der Waals surface area contributed by atoms with Gasteiger partial charge in [0, 0.05) is 42.8 Å². The van der Waals surface area contributed by atoms with Gasteiger partial charge in [0.2, 0.25) is 5.91 Å². The van der Waals surface area contributed by atoms with Gasteiger partial charge in [0.25, 0.3) is 0 Å². The third-order valence-electron chi connectivity index (χ3n) is 6.42. The minimum atomic E-state index is -0.564. The van der Waals surface area contributed by atoms with Crippen molar-refractivity contribution in [3.63, 3.8) is 0 Å². The molecule has 0 radical (unpaired) electrons. The molecule has 0 spiro atoms. The van der Waals surface area contributed by atoms with Crippen LogP contribution in [0.15, 0.2) is 61.6 Å². The summed E-state index contributed by atoms with van der Waals surface area (Å²) in [4.78, 5) is 27.2. The average molecular weight is 547 g/mol. The first-order valence-corrected chi connectivity index (χ1v) is 12.8. The highest BCUT2D eigenvalue weighted by Crippen LogP contribution is 2.35. The van der Waals surface area contributed by atoms with Gasteiger partial charge in [0.1, 0.15) is 41.8 Å². The summed E-state index contributed by atoms with van der Waals surface area (Å²) >= 11 is 0. The topological polar surface area (TPSA) is 102 Å². The molecule has 0 atom stereocenters. The van der Waals surface area contributed by atoms with E-state index in [1.165, 1.54) is 30.6 Å². The van der Waals surface area contributed by atoms with Crippen molar-refractivity contribution in [3.05, 3.63) is 78.8 Å². The van der Waals surface area contributed by atoms with Gasteiger partial charge >= 0.3 is 0 Å². The first kappa shape index (κ1) is 27.1. The average Bonchev–Trinajstić information content (AvgIpc) is 2.95. The van der Waals surface area contributed by atoms with E-state index in [1.54, 1.807) is 25.3 Å². The number of aromatic nitrogens is 3. The van der Waals surface area contributed by atoms with E-state index in [1.807, 2.05) is 0 Å². The van der Waals surface area contributed by atoms with Gasteiger partial charge in [-0.25, -0.2) is 18.7 Å². The second-order valence-electron chi connectivity index (χ2n) is 9.25. The standard InChI is InChI=1S/C29H28F2N6O3/c1-3-27(38)35-25-14-20-23(15-26(25)40-11-8-37-6-9-39-10-7-37)33-17-34-29(20)36-24-13-19(4-5-21(24)30)28-22(31)12-18(2)16-32-28/h3-5,12-17H,1,6-11H2,2H3,(H,35,38)(H,33,34,36). The summed E-state index contributed by atoms with van der Waals surface area (Å²) in [5, 5.41) is 6.26. The highest BCUT2D eigenvalue weighted by atomic mass is 19.1. The van der Waals surface area contributed by atoms with E-state index in [-0.39, 0.29) is 17.2 Å². The van der Waals surface area contributed by atoms with Crippen LogP contribution in [0, 0.1) is 18.6 Å². The smallest absolute Gasteiger partial charge is 0.247 e. The molecule has 1 saturated heterocycles. The number of ether oxygens (including phenoxy) is 2. The normalized spacial score (nSPS) is 13.7. The van der Waals surface area contributed by atoms with Crippen molar-refractivity contribution < 1.29 is 23.0 Å². The van der Waals surface area contributed by atoms with Gasteiger partial charge in [-0.1, -0.05) is 6.58 Å². The van der Waals surface area contributed by atoms with Crippen LogP contribution in [-0.2, 0) is 9.53 Å². The lowest BCUT2D eigenvalue weighted by Crippen LogP contribution is -2.38. The zero-order valence-electron chi connectivity index (χ0n) is 21.9. The van der Waals surface area contributed by atoms with Crippen LogP contribution in [0.25, 0.3) is 22.2 Å². The lowest BCUT2D eigenvalue weighted by Gasteiger charge is -2.26. The summed E-state index contributed by atoms with van der Waals surface area (Å²) in [5.41, 5.74) is 2.15. The Balaban J connectivity index is 1.45. The van der Waals surface area contributed by atoms with Crippen molar-refractivity contribution >= 4 is 34.0 Å². The highest BCUT2D eigenvalue weighted by molar-refractivity contribution is 6.03. The van der Waals surface area contributed by atoms with Gasteiger partial charge in [-0.15, -0.1) is 0 Å². The predicted octanol–water partition coefficient (Wildman–Crippen LogP) is 4.86. The van der Waals surface area contributed by atoms with Gasteiger partial charge in [0.15, 0.2) is 0 Å². The number of nitrogens with zero attached hydrogens (tertiary/aromatic N) is 4. The molecular weight excluding hydrogens is 518 g/mol. The first-order valence-electron chi connectivity index (χ1n) is 12.8. The molecule has 2 aromatic carbocycles. The van der Waals surface area contributed by atoms with Gasteiger partial charge in [-0.2, -0.15) is 0 Å². The molecule has 40 heavy (non-hydrogen) atoms. The second kappa shape index (κ2) is 12.1. The summed E-state index contributed by atoms with van der Waals surface area (Å²) in [6, 6.07) is 8.88. The summed E-state index contributed by atoms with van der Waals surface area (Å²) < 4.78 is 40.8. The number of halogens is 2. The number of rotatable bonds is 9. The molecule has 9 nitrogen and oxygen atoms in total. The number of benzene rings is 2. The van der Waals surface area contributed by atoms with Gasteiger partial charge < -0.3 is 20.1 Å². The number of hydrogen-bond acceptors (Lipinski definition) is 8. The quantitative estimate of drug-likeness (QED) is 0.287. The van der Waals surface area contributed by atoms with Crippen molar-refractivity contribution in [2.45, 2.75) is 6.92 Å². The molecule has 206 valence electrons. The Morgan fingerprint density at radius 2 is 1.93 bits per heavy atom. The van der Waals surface area contributed by atoms with E-state index in [2.05, 4.69) is 37.1 Å². The van der Waals surface area contributed by atoms with Crippen LogP contribution < -0.4 is 15.4 Å². The number of anilines is 3. The molecule has 3 heterocycles. The molecule has 2 N–H and O–H groups in total. The van der Waals surface area contributed by atoms with Crippen molar-refractivity contribution in [2.75, 3.05) is 50.1 Å². The number of fused-ring (bicyclic) bond motifs is 1. The fraction of sp³-hybridized carbons (Fsp3) is 0.241. The van der Waals surface area contributed by atoms with E-state index in [0.717, 1.165) is 19.2 Å². The Labute approximate surface area is 229 Å². The Hall–Kier alpha value is -4.48. The summed E-state index contributed by atoms with van der Waals surface area (Å²) in [5.74, 6) is -0.780. The van der Waals surface area contributed by atoms with E-state index in [9.17, 15) is 13.6 Å². The van der Waals surface area contributed by atoms with E-state index in [4.69, 9.17) is 9.47 Å². The largest absolute Gasteiger partial charge is 0.490 e. The third-order valence-corrected chi connectivity index (χ3v) is 6.42. The van der Waals surface area contributed by atoms with Crippen molar-refractivity contribution in [2.24, 2.45) is 0 Å². The van der Waals surface area contributed by atoms with Crippen LogP contribution in [0.2, 0.25) is 0 Å². The molecule has 0 bridgehead atoms. The maximum atomic E-state index is 14.9. The number of aryl methyl sites for hydroxylation is 1. The molecular formula is C29H28F2N6O3. The molecule has 5 rings (SSSR count). The Kier molecular flexibility index (Phi) is 8.23. The van der Waals surface area contributed by atoms with Crippen molar-refractivity contribution in [1.29, 1.82) is 0 Å². The number of pyridine rings is 1. The summed E-state index contributed by atoms with van der Waals surface area (Å²) in [6.07, 6.45) is 4.04. The zero-order chi connectivity index (χ0) is 28.1. The third kappa shape index (κ3) is 6.22. The number of morpholine rings is 1. The van der Waals surface area contributed by atoms with Crippen molar-refractivity contribution in [3.8, 4) is 17.0 Å². The monoisotopic (exact) mass is 546 g/mol. The Morgan fingerprint density at radius 3 is 2.70 bits per heavy atom. The first-order chi connectivity index (χ1) is 19.4. The van der Waals surface area contributed by atoms with Gasteiger partial charge in [0.05, 0.1) is 30.1 Å². The minimum Gasteiger partial charge on any atom is -0.490 e. The molecule has 0 aliphatic carbocycles. The Morgan fingerprint density at radius 1 is 1.10 bits per heavy atom. The molecule has 2 aromatic heterocycles. The summed E-state index contributed by atoms with van der Waals surface area (Å²) in [6.45, 7) is 9.36. The van der Waals surface area contributed by atoms with Gasteiger partial charge in [-0.05, 0) is 48.9 Å². The fourth-order valence-electron chi connectivity index (χ4n) is 4.34. The zero-order valence-corrected chi connectivity index (χ0v) is 21.9. The molecule has 1 aliphatic heterocycles. The van der Waals surface area contributed by atoms with Crippen LogP contribution in [0.1, 0.15) is 5.56 Å². The van der Waals surface area contributed by atoms with Crippen LogP contribution >= 0.6 is 0 Å². The van der Waals surface area contributed by atoms with E-state index >= 15 is 0 Å². The van der Waals surface area contributed by atoms with E-state index in [0.29, 0.717) is 59.8 Å². The van der Waals surface area contributed by atoms with Crippen LogP contribution in [0.4, 0.5) is 26.0 Å². The predicted molar refractivity (Wildman–Crippen MR) is 149 cm³/mol. The minimum absolute atomic E-state index is 0.0711. The number of nitrogens with one attached hydrogen (secondary N) is 2. The molecule has 1 aliphatic rings. The molecule has 1 amide bonds. The Bertz CT molecular complexity index is 1560. The van der Waals surface area contributed by atoms with Gasteiger partial charge in [-0.3, -0.25) is 14.7 Å². The van der Waals surface area contributed by atoms with Crippen LogP contribution in [0.5, 0.6) is 5.75 Å². The maximum absolute atomic E-state index is 14.9. The number of hydrogen-bond donors (Lipinski definition) is 2. The van der Waals surface area contributed by atoms with E-state index < -0.39 is 17.5 Å². The summed E-state index contributed by atoms with van der Waals surface area (Å²) in [7, 11) is 0. The van der Waals surface area contributed by atoms with Crippen LogP contribution in [-0.4, -0.2) is 65.2 Å². The molecule has 4 aromatic rings. The lowest BCUT2D eigenvalue weighted by molar-refractivity contribution is -0.111.